The third-order valence-electron chi connectivity index (χ3n) is 3.14. The van der Waals surface area contributed by atoms with Crippen molar-refractivity contribution in [2.75, 3.05) is 44.2 Å². The highest BCUT2D eigenvalue weighted by Crippen LogP contribution is 2.18. The molecule has 4 nitrogen and oxygen atoms in total. The lowest BCUT2D eigenvalue weighted by atomic mass is 10.2. The highest BCUT2D eigenvalue weighted by Gasteiger charge is 2.20. The fourth-order valence-corrected chi connectivity index (χ4v) is 2.14. The van der Waals surface area contributed by atoms with E-state index in [-0.39, 0.29) is 5.82 Å². The Hall–Kier alpha value is -1.27. The van der Waals surface area contributed by atoms with Crippen LogP contribution in [0.5, 0.6) is 0 Å². The maximum absolute atomic E-state index is 13.6. The van der Waals surface area contributed by atoms with E-state index in [1.807, 2.05) is 4.90 Å². The summed E-state index contributed by atoms with van der Waals surface area (Å²) in [7, 11) is 0. The zero-order valence-electron chi connectivity index (χ0n) is 10.3. The molecule has 2 N–H and O–H groups in total. The molecule has 0 saturated carbocycles. The molecule has 1 aliphatic rings. The second-order valence-corrected chi connectivity index (χ2v) is 4.43. The van der Waals surface area contributed by atoms with Crippen molar-refractivity contribution in [1.29, 1.82) is 0 Å². The molecule has 1 aromatic heterocycles. The molecular formula is C12H18F2N4. The fraction of sp³-hybridized carbons (Fsp3) is 0.583. The van der Waals surface area contributed by atoms with Gasteiger partial charge in [-0.05, 0) is 19.5 Å². The minimum Gasteiger partial charge on any atom is -0.352 e. The summed E-state index contributed by atoms with van der Waals surface area (Å²) in [5.74, 6) is -0.988. The molecule has 0 bridgehead atoms. The van der Waals surface area contributed by atoms with Gasteiger partial charge < -0.3 is 10.6 Å². The molecule has 1 saturated heterocycles. The molecule has 0 unspecified atom stereocenters. The molecule has 6 heteroatoms. The van der Waals surface area contributed by atoms with E-state index in [0.717, 1.165) is 38.3 Å². The maximum atomic E-state index is 13.6. The summed E-state index contributed by atoms with van der Waals surface area (Å²) in [5.41, 5.74) is 5.47. The molecule has 2 rings (SSSR count). The largest absolute Gasteiger partial charge is 0.352 e. The number of nitrogens with two attached hydrogens (primary N) is 1. The smallest absolute Gasteiger partial charge is 0.168 e. The summed E-state index contributed by atoms with van der Waals surface area (Å²) >= 11 is 0. The van der Waals surface area contributed by atoms with Crippen molar-refractivity contribution in [3.8, 4) is 0 Å². The van der Waals surface area contributed by atoms with Crippen LogP contribution in [0.25, 0.3) is 0 Å². The molecule has 100 valence electrons. The Kier molecular flexibility index (Phi) is 4.43. The minimum atomic E-state index is -0.641. The third-order valence-corrected chi connectivity index (χ3v) is 3.14. The Balaban J connectivity index is 1.93. The van der Waals surface area contributed by atoms with Gasteiger partial charge in [0.25, 0.3) is 0 Å². The standard InChI is InChI=1S/C12H18F2N4/c13-10-8-11(14)12(16-9-10)18-6-4-17(5-7-18)3-1-2-15/h8-9H,1-7,15H2. The maximum Gasteiger partial charge on any atom is 0.168 e. The van der Waals surface area contributed by atoms with E-state index in [0.29, 0.717) is 19.6 Å². The van der Waals surface area contributed by atoms with Crippen LogP contribution >= 0.6 is 0 Å². The van der Waals surface area contributed by atoms with Gasteiger partial charge in [-0.2, -0.15) is 0 Å². The van der Waals surface area contributed by atoms with Gasteiger partial charge in [0.05, 0.1) is 6.20 Å². The molecule has 0 aromatic carbocycles. The molecular weight excluding hydrogens is 238 g/mol. The first-order valence-electron chi connectivity index (χ1n) is 6.19. The molecule has 18 heavy (non-hydrogen) atoms. The molecule has 0 radical (unpaired) electrons. The zero-order chi connectivity index (χ0) is 13.0. The number of hydrogen-bond acceptors (Lipinski definition) is 4. The van der Waals surface area contributed by atoms with E-state index in [1.54, 1.807) is 0 Å². The second kappa shape index (κ2) is 6.06. The Bertz CT molecular complexity index is 392. The summed E-state index contributed by atoms with van der Waals surface area (Å²) in [5, 5.41) is 0. The van der Waals surface area contributed by atoms with Crippen LogP contribution in [-0.4, -0.2) is 49.2 Å². The van der Waals surface area contributed by atoms with Gasteiger partial charge >= 0.3 is 0 Å². The monoisotopic (exact) mass is 256 g/mol. The SMILES string of the molecule is NCCCN1CCN(c2ncc(F)cc2F)CC1. The highest BCUT2D eigenvalue weighted by atomic mass is 19.1. The second-order valence-electron chi connectivity index (χ2n) is 4.43. The first kappa shape index (κ1) is 13.2. The van der Waals surface area contributed by atoms with Gasteiger partial charge in [-0.1, -0.05) is 0 Å². The normalized spacial score (nSPS) is 17.2. The molecule has 1 fully saturated rings. The Morgan fingerprint density at radius 1 is 1.22 bits per heavy atom. The molecule has 0 amide bonds. The fourth-order valence-electron chi connectivity index (χ4n) is 2.14. The predicted octanol–water partition coefficient (Wildman–Crippen LogP) is 0.831. The average molecular weight is 256 g/mol. The molecule has 0 spiro atoms. The summed E-state index contributed by atoms with van der Waals surface area (Å²) in [4.78, 5) is 7.98. The Morgan fingerprint density at radius 3 is 2.56 bits per heavy atom. The van der Waals surface area contributed by atoms with Crippen LogP contribution in [-0.2, 0) is 0 Å². The van der Waals surface area contributed by atoms with Gasteiger partial charge in [-0.25, -0.2) is 13.8 Å². The first-order chi connectivity index (χ1) is 8.70. The van der Waals surface area contributed by atoms with Crippen molar-refractivity contribution < 1.29 is 8.78 Å². The number of halogens is 2. The van der Waals surface area contributed by atoms with E-state index in [1.165, 1.54) is 0 Å². The number of aromatic nitrogens is 1. The molecule has 1 aliphatic heterocycles. The number of rotatable bonds is 4. The van der Waals surface area contributed by atoms with Crippen molar-refractivity contribution in [1.82, 2.24) is 9.88 Å². The average Bonchev–Trinajstić information content (AvgIpc) is 2.37. The highest BCUT2D eigenvalue weighted by molar-refractivity contribution is 5.40. The molecule has 1 aromatic rings. The van der Waals surface area contributed by atoms with E-state index < -0.39 is 11.6 Å². The van der Waals surface area contributed by atoms with Crippen molar-refractivity contribution in [3.63, 3.8) is 0 Å². The summed E-state index contributed by atoms with van der Waals surface area (Å²) in [6, 6.07) is 0.878. The zero-order valence-corrected chi connectivity index (χ0v) is 10.3. The molecule has 0 atom stereocenters. The van der Waals surface area contributed by atoms with E-state index >= 15 is 0 Å². The van der Waals surface area contributed by atoms with Gasteiger partial charge in [0.15, 0.2) is 11.6 Å². The van der Waals surface area contributed by atoms with Gasteiger partial charge in [0.2, 0.25) is 0 Å². The number of anilines is 1. The lowest BCUT2D eigenvalue weighted by Gasteiger charge is -2.35. The van der Waals surface area contributed by atoms with Gasteiger partial charge in [-0.15, -0.1) is 0 Å². The number of hydrogen-bond donors (Lipinski definition) is 1. The van der Waals surface area contributed by atoms with Crippen LogP contribution in [0.1, 0.15) is 6.42 Å². The topological polar surface area (TPSA) is 45.4 Å². The van der Waals surface area contributed by atoms with E-state index in [4.69, 9.17) is 5.73 Å². The van der Waals surface area contributed by atoms with Gasteiger partial charge in [0.1, 0.15) is 5.82 Å². The van der Waals surface area contributed by atoms with Crippen molar-refractivity contribution in [2.45, 2.75) is 6.42 Å². The lowest BCUT2D eigenvalue weighted by molar-refractivity contribution is 0.255. The molecule has 0 aliphatic carbocycles. The van der Waals surface area contributed by atoms with Crippen LogP contribution in [0.2, 0.25) is 0 Å². The number of pyridine rings is 1. The number of piperazine rings is 1. The Labute approximate surface area is 105 Å². The summed E-state index contributed by atoms with van der Waals surface area (Å²) in [6.45, 7) is 4.80. The summed E-state index contributed by atoms with van der Waals surface area (Å²) < 4.78 is 26.3. The van der Waals surface area contributed by atoms with Crippen LogP contribution in [0.4, 0.5) is 14.6 Å². The Morgan fingerprint density at radius 2 is 1.94 bits per heavy atom. The van der Waals surface area contributed by atoms with E-state index in [2.05, 4.69) is 9.88 Å². The van der Waals surface area contributed by atoms with Crippen molar-refractivity contribution >= 4 is 5.82 Å². The van der Waals surface area contributed by atoms with Crippen LogP contribution in [0.3, 0.4) is 0 Å². The van der Waals surface area contributed by atoms with Gasteiger partial charge in [-0.3, -0.25) is 4.90 Å². The molecule has 2 heterocycles. The lowest BCUT2D eigenvalue weighted by Crippen LogP contribution is -2.47. The van der Waals surface area contributed by atoms with E-state index in [9.17, 15) is 8.78 Å². The first-order valence-corrected chi connectivity index (χ1v) is 6.19. The quantitative estimate of drug-likeness (QED) is 0.866. The van der Waals surface area contributed by atoms with Crippen LogP contribution < -0.4 is 10.6 Å². The summed E-state index contributed by atoms with van der Waals surface area (Å²) in [6.07, 6.45) is 2.03. The predicted molar refractivity (Wildman–Crippen MR) is 66.5 cm³/mol. The third kappa shape index (κ3) is 3.14. The number of nitrogens with zero attached hydrogens (tertiary/aromatic N) is 3. The van der Waals surface area contributed by atoms with Crippen molar-refractivity contribution in [2.24, 2.45) is 5.73 Å². The minimum absolute atomic E-state index is 0.245. The van der Waals surface area contributed by atoms with Gasteiger partial charge in [0, 0.05) is 32.2 Å². The van der Waals surface area contributed by atoms with Crippen LogP contribution in [0, 0.1) is 11.6 Å². The van der Waals surface area contributed by atoms with Crippen LogP contribution in [0.15, 0.2) is 12.3 Å². The van der Waals surface area contributed by atoms with Crippen molar-refractivity contribution in [3.05, 3.63) is 23.9 Å².